The summed E-state index contributed by atoms with van der Waals surface area (Å²) in [5, 5.41) is 5.87. The average Bonchev–Trinajstić information content (AvgIpc) is 3.01. The average molecular weight is 619 g/mol. The van der Waals surface area contributed by atoms with Gasteiger partial charge in [-0.15, -0.1) is 0 Å². The first-order valence-electron chi connectivity index (χ1n) is 14.2. The van der Waals surface area contributed by atoms with Crippen molar-refractivity contribution in [1.82, 2.24) is 14.9 Å². The van der Waals surface area contributed by atoms with Crippen LogP contribution in [0.4, 0.5) is 27.8 Å². The fourth-order valence-electron chi connectivity index (χ4n) is 4.53. The molecule has 238 valence electrons. The van der Waals surface area contributed by atoms with Crippen LogP contribution in [0, 0.1) is 6.92 Å². The summed E-state index contributed by atoms with van der Waals surface area (Å²) in [6, 6.07) is 11.6. The molecule has 1 aliphatic rings. The highest BCUT2D eigenvalue weighted by Crippen LogP contribution is 2.34. The number of hydrogen-bond acceptors (Lipinski definition) is 11. The molecular formula is C32H38N6O7. The minimum absolute atomic E-state index is 0.210. The van der Waals surface area contributed by atoms with Gasteiger partial charge >= 0.3 is 12.1 Å². The second kappa shape index (κ2) is 14.0. The van der Waals surface area contributed by atoms with Crippen molar-refractivity contribution in [3.05, 3.63) is 66.9 Å². The quantitative estimate of drug-likeness (QED) is 0.245. The fraction of sp³-hybridized carbons (Fsp3) is 0.344. The number of rotatable bonds is 9. The van der Waals surface area contributed by atoms with Gasteiger partial charge in [-0.1, -0.05) is 12.6 Å². The molecule has 0 spiro atoms. The van der Waals surface area contributed by atoms with E-state index in [2.05, 4.69) is 27.2 Å². The second-order valence-electron chi connectivity index (χ2n) is 11.2. The van der Waals surface area contributed by atoms with Crippen molar-refractivity contribution in [1.29, 1.82) is 0 Å². The number of carbonyl (C=O) groups excluding carboxylic acids is 3. The Morgan fingerprint density at radius 1 is 1.09 bits per heavy atom. The van der Waals surface area contributed by atoms with E-state index >= 15 is 0 Å². The molecule has 4 rings (SSSR count). The molecule has 13 nitrogen and oxygen atoms in total. The summed E-state index contributed by atoms with van der Waals surface area (Å²) in [5.41, 5.74) is 1.94. The number of nitrogens with one attached hydrogen (secondary N) is 2. The molecule has 2 aromatic carbocycles. The van der Waals surface area contributed by atoms with Crippen molar-refractivity contribution in [2.75, 3.05) is 49.4 Å². The van der Waals surface area contributed by atoms with Gasteiger partial charge in [0.05, 0.1) is 19.9 Å². The molecule has 0 bridgehead atoms. The Labute approximate surface area is 262 Å². The van der Waals surface area contributed by atoms with Crippen LogP contribution in [0.25, 0.3) is 0 Å². The molecule has 2 N–H and O–H groups in total. The molecule has 45 heavy (non-hydrogen) atoms. The Morgan fingerprint density at radius 3 is 2.56 bits per heavy atom. The van der Waals surface area contributed by atoms with Crippen LogP contribution in [-0.4, -0.2) is 78.3 Å². The van der Waals surface area contributed by atoms with Crippen molar-refractivity contribution in [2.45, 2.75) is 39.3 Å². The van der Waals surface area contributed by atoms with E-state index in [4.69, 9.17) is 18.9 Å². The molecule has 0 saturated carbocycles. The second-order valence-corrected chi connectivity index (χ2v) is 11.2. The SMILES string of the molecule is C=CC(=O)Nc1cccc(Oc2nc(Nc3ccc(N4CCN(C(=O)OC(C)(C)C)[C@H](C(=O)OC)C4)cc3OC)ncc2C)c1. The molecule has 1 saturated heterocycles. The number of hydrogen-bond donors (Lipinski definition) is 2. The van der Waals surface area contributed by atoms with E-state index in [1.54, 1.807) is 58.3 Å². The zero-order valence-corrected chi connectivity index (χ0v) is 26.2. The number of piperazine rings is 1. The van der Waals surface area contributed by atoms with Crippen molar-refractivity contribution in [3.8, 4) is 17.4 Å². The minimum atomic E-state index is -0.847. The van der Waals surface area contributed by atoms with Crippen LogP contribution in [0.3, 0.4) is 0 Å². The third kappa shape index (κ3) is 8.40. The number of anilines is 4. The third-order valence-electron chi connectivity index (χ3n) is 6.71. The monoisotopic (exact) mass is 618 g/mol. The molecule has 0 aliphatic carbocycles. The Bertz CT molecular complexity index is 1570. The zero-order chi connectivity index (χ0) is 32.7. The van der Waals surface area contributed by atoms with Crippen molar-refractivity contribution in [2.24, 2.45) is 0 Å². The van der Waals surface area contributed by atoms with Gasteiger partial charge < -0.3 is 34.5 Å². The highest BCUT2D eigenvalue weighted by molar-refractivity contribution is 5.99. The number of benzene rings is 2. The lowest BCUT2D eigenvalue weighted by Gasteiger charge is -2.41. The maximum Gasteiger partial charge on any atom is 0.411 e. The van der Waals surface area contributed by atoms with Crippen LogP contribution >= 0.6 is 0 Å². The first kappa shape index (κ1) is 32.6. The summed E-state index contributed by atoms with van der Waals surface area (Å²) >= 11 is 0. The molecule has 1 aliphatic heterocycles. The van der Waals surface area contributed by atoms with E-state index < -0.39 is 23.7 Å². The van der Waals surface area contributed by atoms with Crippen LogP contribution < -0.4 is 25.0 Å². The Morgan fingerprint density at radius 2 is 1.87 bits per heavy atom. The first-order chi connectivity index (χ1) is 21.4. The summed E-state index contributed by atoms with van der Waals surface area (Å²) in [5.74, 6) is 0.723. The van der Waals surface area contributed by atoms with Crippen LogP contribution in [0.15, 0.2) is 61.3 Å². The van der Waals surface area contributed by atoms with Gasteiger partial charge in [0.15, 0.2) is 6.04 Å². The molecule has 0 unspecified atom stereocenters. The van der Waals surface area contributed by atoms with E-state index in [1.165, 1.54) is 18.1 Å². The maximum absolute atomic E-state index is 12.8. The molecule has 3 aromatic rings. The molecule has 1 atom stereocenters. The molecule has 13 heteroatoms. The molecule has 1 fully saturated rings. The Balaban J connectivity index is 1.50. The van der Waals surface area contributed by atoms with E-state index in [0.717, 1.165) is 5.69 Å². The van der Waals surface area contributed by atoms with Crippen LogP contribution in [-0.2, 0) is 19.1 Å². The number of ether oxygens (including phenoxy) is 4. The lowest BCUT2D eigenvalue weighted by atomic mass is 10.1. The van der Waals surface area contributed by atoms with Gasteiger partial charge in [-0.2, -0.15) is 4.98 Å². The van der Waals surface area contributed by atoms with E-state index in [9.17, 15) is 14.4 Å². The zero-order valence-electron chi connectivity index (χ0n) is 26.2. The van der Waals surface area contributed by atoms with Gasteiger partial charge in [0, 0.05) is 54.9 Å². The van der Waals surface area contributed by atoms with Crippen molar-refractivity contribution < 1.29 is 33.3 Å². The smallest absolute Gasteiger partial charge is 0.411 e. The van der Waals surface area contributed by atoms with Gasteiger partial charge in [-0.05, 0) is 58.0 Å². The number of esters is 1. The highest BCUT2D eigenvalue weighted by atomic mass is 16.6. The molecule has 2 amide bonds. The molecule has 0 radical (unpaired) electrons. The summed E-state index contributed by atoms with van der Waals surface area (Å²) in [7, 11) is 2.84. The number of carbonyl (C=O) groups is 3. The molecular weight excluding hydrogens is 580 g/mol. The van der Waals surface area contributed by atoms with Gasteiger partial charge in [0.2, 0.25) is 17.7 Å². The largest absolute Gasteiger partial charge is 0.494 e. The minimum Gasteiger partial charge on any atom is -0.494 e. The number of aromatic nitrogens is 2. The summed E-state index contributed by atoms with van der Waals surface area (Å²) in [6.45, 7) is 11.5. The van der Waals surface area contributed by atoms with Gasteiger partial charge in [-0.3, -0.25) is 9.69 Å². The number of methoxy groups -OCH3 is 2. The Hall–Kier alpha value is -5.33. The first-order valence-corrected chi connectivity index (χ1v) is 14.2. The molecule has 2 heterocycles. The predicted molar refractivity (Wildman–Crippen MR) is 169 cm³/mol. The maximum atomic E-state index is 12.8. The Kier molecular flexibility index (Phi) is 10.1. The van der Waals surface area contributed by atoms with Gasteiger partial charge in [-0.25, -0.2) is 14.6 Å². The third-order valence-corrected chi connectivity index (χ3v) is 6.71. The normalized spacial score (nSPS) is 14.7. The van der Waals surface area contributed by atoms with Gasteiger partial charge in [0.25, 0.3) is 0 Å². The number of amides is 2. The van der Waals surface area contributed by atoms with Crippen molar-refractivity contribution in [3.63, 3.8) is 0 Å². The lowest BCUT2D eigenvalue weighted by Crippen LogP contribution is -2.59. The number of aryl methyl sites for hydroxylation is 1. The van der Waals surface area contributed by atoms with E-state index in [1.807, 2.05) is 30.0 Å². The molecule has 1 aromatic heterocycles. The lowest BCUT2D eigenvalue weighted by molar-refractivity contribution is -0.147. The predicted octanol–water partition coefficient (Wildman–Crippen LogP) is 5.05. The standard InChI is InChI=1S/C32H38N6O7/c1-8-27(39)34-21-10-9-11-23(16-21)44-28-20(2)18-33-30(36-28)35-24-13-12-22(17-26(24)42-6)37-14-15-38(25(19-37)29(40)43-7)31(41)45-32(3,4)5/h8-13,16-18,25H,1,14-15,19H2,2-7H3,(H,34,39)(H,33,35,36)/t25-/m0/s1. The van der Waals surface area contributed by atoms with E-state index in [-0.39, 0.29) is 24.9 Å². The topological polar surface area (TPSA) is 144 Å². The van der Waals surface area contributed by atoms with Gasteiger partial charge in [0.1, 0.15) is 17.1 Å². The highest BCUT2D eigenvalue weighted by Gasteiger charge is 2.38. The van der Waals surface area contributed by atoms with Crippen LogP contribution in [0.2, 0.25) is 0 Å². The number of nitrogens with zero attached hydrogens (tertiary/aromatic N) is 4. The summed E-state index contributed by atoms with van der Waals surface area (Å²) < 4.78 is 22.2. The van der Waals surface area contributed by atoms with Crippen LogP contribution in [0.1, 0.15) is 26.3 Å². The van der Waals surface area contributed by atoms with Crippen molar-refractivity contribution >= 4 is 41.0 Å². The summed E-state index contributed by atoms with van der Waals surface area (Å²) in [6.07, 6.45) is 2.25. The van der Waals surface area contributed by atoms with Crippen LogP contribution in [0.5, 0.6) is 17.4 Å². The van der Waals surface area contributed by atoms with E-state index in [0.29, 0.717) is 40.9 Å². The fourth-order valence-corrected chi connectivity index (χ4v) is 4.53. The summed E-state index contributed by atoms with van der Waals surface area (Å²) in [4.78, 5) is 49.5.